The Bertz CT molecular complexity index is 1310. The van der Waals surface area contributed by atoms with Gasteiger partial charge in [-0.1, -0.05) is 40.9 Å². The van der Waals surface area contributed by atoms with Crippen molar-refractivity contribution in [2.75, 3.05) is 5.32 Å². The second kappa shape index (κ2) is 10.3. The molecule has 0 spiro atoms. The van der Waals surface area contributed by atoms with E-state index in [-0.39, 0.29) is 37.9 Å². The number of carbonyl (C=O) groups is 2. The van der Waals surface area contributed by atoms with Gasteiger partial charge < -0.3 is 10.1 Å². The molecule has 0 bridgehead atoms. The molecule has 2 N–H and O–H groups in total. The van der Waals surface area contributed by atoms with Gasteiger partial charge in [0.25, 0.3) is 11.6 Å². The van der Waals surface area contributed by atoms with Crippen LogP contribution in [0.1, 0.15) is 27.0 Å². The molecule has 12 heteroatoms. The van der Waals surface area contributed by atoms with Crippen molar-refractivity contribution in [2.45, 2.75) is 20.8 Å². The summed E-state index contributed by atoms with van der Waals surface area (Å²) in [5.41, 5.74) is 1.59. The maximum atomic E-state index is 12.4. The number of aryl methyl sites for hydroxylation is 2. The van der Waals surface area contributed by atoms with Crippen molar-refractivity contribution in [3.05, 3.63) is 84.0 Å². The summed E-state index contributed by atoms with van der Waals surface area (Å²) in [7, 11) is 0. The van der Waals surface area contributed by atoms with E-state index in [1.807, 2.05) is 0 Å². The van der Waals surface area contributed by atoms with Crippen molar-refractivity contribution in [3.8, 4) is 11.6 Å². The van der Waals surface area contributed by atoms with Crippen LogP contribution < -0.4 is 15.4 Å². The zero-order chi connectivity index (χ0) is 25.2. The van der Waals surface area contributed by atoms with Gasteiger partial charge in [-0.3, -0.25) is 20.2 Å². The van der Waals surface area contributed by atoms with Crippen molar-refractivity contribution in [3.63, 3.8) is 0 Å². The summed E-state index contributed by atoms with van der Waals surface area (Å²) < 4.78 is 5.82. The number of imide groups is 1. The lowest BCUT2D eigenvalue weighted by Gasteiger charge is -2.17. The molecule has 176 valence electrons. The van der Waals surface area contributed by atoms with E-state index in [9.17, 15) is 19.7 Å². The van der Waals surface area contributed by atoms with E-state index < -0.39 is 16.9 Å². The third kappa shape index (κ3) is 5.39. The van der Waals surface area contributed by atoms with Crippen LogP contribution in [0.25, 0.3) is 0 Å². The van der Waals surface area contributed by atoms with E-state index in [1.165, 1.54) is 18.2 Å². The number of urea groups is 1. The fourth-order valence-electron chi connectivity index (χ4n) is 2.99. The van der Waals surface area contributed by atoms with E-state index in [2.05, 4.69) is 15.6 Å². The van der Waals surface area contributed by atoms with E-state index in [0.717, 1.165) is 6.20 Å². The van der Waals surface area contributed by atoms with Crippen LogP contribution in [-0.2, 0) is 0 Å². The Morgan fingerprint density at radius 1 is 1.06 bits per heavy atom. The van der Waals surface area contributed by atoms with Gasteiger partial charge in [0.15, 0.2) is 5.75 Å². The SMILES string of the molecule is Cc1cc([N+](=O)[O-])cnc1Oc1c(C)cc(NC(=O)NC(=O)c2c(Cl)cccc2Cl)c(C)c1Cl. The minimum Gasteiger partial charge on any atom is -0.437 e. The average Bonchev–Trinajstić information content (AvgIpc) is 2.75. The third-order valence-electron chi connectivity index (χ3n) is 4.74. The highest BCUT2D eigenvalue weighted by Gasteiger charge is 2.20. The van der Waals surface area contributed by atoms with Crippen molar-refractivity contribution >= 4 is 58.1 Å². The molecule has 0 unspecified atom stereocenters. The number of hydrogen-bond acceptors (Lipinski definition) is 6. The Morgan fingerprint density at radius 2 is 1.71 bits per heavy atom. The molecule has 0 aliphatic carbocycles. The standard InChI is InChI=1S/C22H17Cl3N4O5/c1-10-8-16(27-22(31)28-20(30)17-14(23)5-4-6-15(17)24)12(3)18(25)19(10)34-21-11(2)7-13(9-26-21)29(32)33/h4-9H,1-3H3,(H2,27,28,30,31). The highest BCUT2D eigenvalue weighted by atomic mass is 35.5. The summed E-state index contributed by atoms with van der Waals surface area (Å²) in [5, 5.41) is 16.0. The number of carbonyl (C=O) groups excluding carboxylic acids is 2. The van der Waals surface area contributed by atoms with E-state index in [4.69, 9.17) is 39.5 Å². The Hall–Kier alpha value is -3.40. The van der Waals surface area contributed by atoms with Gasteiger partial charge in [-0.25, -0.2) is 9.78 Å². The normalized spacial score (nSPS) is 10.5. The average molecular weight is 524 g/mol. The maximum Gasteiger partial charge on any atom is 0.326 e. The number of aromatic nitrogens is 1. The largest absolute Gasteiger partial charge is 0.437 e. The van der Waals surface area contributed by atoms with Crippen LogP contribution in [0.5, 0.6) is 11.6 Å². The number of hydrogen-bond donors (Lipinski definition) is 2. The van der Waals surface area contributed by atoms with Crippen LogP contribution in [0.3, 0.4) is 0 Å². The van der Waals surface area contributed by atoms with Crippen LogP contribution in [0.15, 0.2) is 36.5 Å². The van der Waals surface area contributed by atoms with Gasteiger partial charge >= 0.3 is 6.03 Å². The predicted octanol–water partition coefficient (Wildman–Crippen LogP) is 6.63. The number of nitro groups is 1. The first-order valence-electron chi connectivity index (χ1n) is 9.64. The van der Waals surface area contributed by atoms with Gasteiger partial charge in [-0.05, 0) is 50.1 Å². The van der Waals surface area contributed by atoms with Crippen LogP contribution in [-0.4, -0.2) is 21.8 Å². The summed E-state index contributed by atoms with van der Waals surface area (Å²) in [6, 6.07) is 6.65. The van der Waals surface area contributed by atoms with Crippen LogP contribution in [0.4, 0.5) is 16.2 Å². The summed E-state index contributed by atoms with van der Waals surface area (Å²) in [6.45, 7) is 4.96. The van der Waals surface area contributed by atoms with Crippen molar-refractivity contribution < 1.29 is 19.2 Å². The highest BCUT2D eigenvalue weighted by Crippen LogP contribution is 2.39. The first kappa shape index (κ1) is 25.2. The minimum atomic E-state index is -0.818. The fourth-order valence-corrected chi connectivity index (χ4v) is 3.85. The van der Waals surface area contributed by atoms with Gasteiger partial charge in [0, 0.05) is 17.3 Å². The molecule has 2 aromatic carbocycles. The number of benzene rings is 2. The highest BCUT2D eigenvalue weighted by molar-refractivity contribution is 6.40. The molecule has 1 heterocycles. The number of anilines is 1. The first-order chi connectivity index (χ1) is 16.0. The number of pyridine rings is 1. The molecule has 34 heavy (non-hydrogen) atoms. The second-order valence-corrected chi connectivity index (χ2v) is 8.38. The van der Waals surface area contributed by atoms with E-state index in [0.29, 0.717) is 22.4 Å². The topological polar surface area (TPSA) is 123 Å². The lowest BCUT2D eigenvalue weighted by atomic mass is 10.1. The first-order valence-corrected chi connectivity index (χ1v) is 10.8. The van der Waals surface area contributed by atoms with Crippen LogP contribution >= 0.6 is 34.8 Å². The second-order valence-electron chi connectivity index (χ2n) is 7.19. The van der Waals surface area contributed by atoms with Gasteiger partial charge in [-0.15, -0.1) is 0 Å². The number of rotatable bonds is 5. The Labute approximate surface area is 209 Å². The van der Waals surface area contributed by atoms with Gasteiger partial charge in [0.2, 0.25) is 5.88 Å². The maximum absolute atomic E-state index is 12.4. The molecule has 9 nitrogen and oxygen atoms in total. The van der Waals surface area contributed by atoms with Crippen LogP contribution in [0, 0.1) is 30.9 Å². The Morgan fingerprint density at radius 3 is 2.29 bits per heavy atom. The molecule has 0 aliphatic rings. The van der Waals surface area contributed by atoms with Gasteiger partial charge in [-0.2, -0.15) is 0 Å². The van der Waals surface area contributed by atoms with Gasteiger partial charge in [0.1, 0.15) is 6.20 Å². The quantitative estimate of drug-likeness (QED) is 0.286. The summed E-state index contributed by atoms with van der Waals surface area (Å²) in [4.78, 5) is 39.2. The smallest absolute Gasteiger partial charge is 0.326 e. The van der Waals surface area contributed by atoms with Gasteiger partial charge in [0.05, 0.1) is 25.6 Å². The molecule has 3 aromatic rings. The molecular weight excluding hydrogens is 507 g/mol. The zero-order valence-corrected chi connectivity index (χ0v) is 20.3. The molecule has 3 amide bonds. The predicted molar refractivity (Wildman–Crippen MR) is 130 cm³/mol. The number of nitrogens with one attached hydrogen (secondary N) is 2. The summed E-state index contributed by atoms with van der Waals surface area (Å²) >= 11 is 18.5. The Kier molecular flexibility index (Phi) is 7.61. The molecule has 0 atom stereocenters. The number of ether oxygens (including phenoxy) is 1. The molecule has 0 fully saturated rings. The van der Waals surface area contributed by atoms with E-state index >= 15 is 0 Å². The fraction of sp³-hybridized carbons (Fsp3) is 0.136. The molecule has 1 aromatic heterocycles. The van der Waals surface area contributed by atoms with E-state index in [1.54, 1.807) is 32.9 Å². The van der Waals surface area contributed by atoms with Crippen LogP contribution in [0.2, 0.25) is 15.1 Å². The molecule has 0 saturated carbocycles. The molecule has 0 aliphatic heterocycles. The minimum absolute atomic E-state index is 0.0263. The van der Waals surface area contributed by atoms with Crippen molar-refractivity contribution in [1.82, 2.24) is 10.3 Å². The number of nitrogens with zero attached hydrogens (tertiary/aromatic N) is 2. The van der Waals surface area contributed by atoms with Crippen molar-refractivity contribution in [2.24, 2.45) is 0 Å². The number of amides is 3. The summed E-state index contributed by atoms with van der Waals surface area (Å²) in [6.07, 6.45) is 1.08. The van der Waals surface area contributed by atoms with Crippen molar-refractivity contribution in [1.29, 1.82) is 0 Å². The lowest BCUT2D eigenvalue weighted by Crippen LogP contribution is -2.34. The summed E-state index contributed by atoms with van der Waals surface area (Å²) in [5.74, 6) is -0.350. The zero-order valence-electron chi connectivity index (χ0n) is 18.0. The molecule has 0 radical (unpaired) electrons. The molecule has 0 saturated heterocycles. The molecular formula is C22H17Cl3N4O5. The Balaban J connectivity index is 1.80. The number of halogens is 3. The lowest BCUT2D eigenvalue weighted by molar-refractivity contribution is -0.385. The monoisotopic (exact) mass is 522 g/mol. The third-order valence-corrected chi connectivity index (χ3v) is 5.83. The molecule has 3 rings (SSSR count).